The predicted molar refractivity (Wildman–Crippen MR) is 142 cm³/mol. The van der Waals surface area contributed by atoms with Gasteiger partial charge in [0.05, 0.1) is 18.3 Å². The summed E-state index contributed by atoms with van der Waals surface area (Å²) < 4.78 is 1.57. The van der Waals surface area contributed by atoms with E-state index >= 15 is 0 Å². The number of carbonyl (C=O) groups is 5. The number of aryl methyl sites for hydroxylation is 1. The molecule has 0 saturated carbocycles. The fraction of sp³-hybridized carbons (Fsp3) is 0.481. The molecule has 206 valence electrons. The zero-order valence-corrected chi connectivity index (χ0v) is 23.0. The Balaban J connectivity index is 2.03. The average Bonchev–Trinajstić information content (AvgIpc) is 3.27. The van der Waals surface area contributed by atoms with Crippen LogP contribution < -0.4 is 21.3 Å². The van der Waals surface area contributed by atoms with E-state index in [-0.39, 0.29) is 12.5 Å². The van der Waals surface area contributed by atoms with E-state index < -0.39 is 53.0 Å². The Labute approximate surface area is 223 Å². The Hall–Kier alpha value is -4.02. The van der Waals surface area contributed by atoms with Gasteiger partial charge in [-0.15, -0.1) is 0 Å². The van der Waals surface area contributed by atoms with Crippen LogP contribution in [0.2, 0.25) is 0 Å². The van der Waals surface area contributed by atoms with Crippen molar-refractivity contribution in [2.24, 2.45) is 18.4 Å². The van der Waals surface area contributed by atoms with Crippen molar-refractivity contribution in [2.45, 2.75) is 66.2 Å². The third-order valence-electron chi connectivity index (χ3n) is 6.01. The molecule has 1 heterocycles. The van der Waals surface area contributed by atoms with Crippen LogP contribution in [0.25, 0.3) is 0 Å². The number of hydrogen-bond donors (Lipinski definition) is 4. The lowest BCUT2D eigenvalue weighted by molar-refractivity contribution is -0.141. The second-order valence-corrected chi connectivity index (χ2v) is 10.6. The van der Waals surface area contributed by atoms with Crippen LogP contribution in [-0.2, 0) is 32.8 Å². The molecular formula is C27H38N6O5. The second kappa shape index (κ2) is 13.0. The third-order valence-corrected chi connectivity index (χ3v) is 6.01. The molecule has 2 rings (SSSR count). The molecule has 3 atom stereocenters. The van der Waals surface area contributed by atoms with Gasteiger partial charge in [0, 0.05) is 18.8 Å². The van der Waals surface area contributed by atoms with E-state index in [9.17, 15) is 24.0 Å². The summed E-state index contributed by atoms with van der Waals surface area (Å²) in [5.74, 6) is -3.61. The van der Waals surface area contributed by atoms with Crippen molar-refractivity contribution >= 4 is 29.4 Å². The molecule has 0 fully saturated rings. The minimum absolute atomic E-state index is 0.106. The van der Waals surface area contributed by atoms with Gasteiger partial charge in [-0.2, -0.15) is 5.10 Å². The SMILES string of the molecule is CC(C)[C@H](NC(=O)[C@H](C)NC(=O)[C@@H](NC(=O)c1ccccc1)C(C)(C)C)C(=O)C(=O)NCc1ccnn1C. The van der Waals surface area contributed by atoms with Crippen molar-refractivity contribution in [3.63, 3.8) is 0 Å². The molecular weight excluding hydrogens is 488 g/mol. The summed E-state index contributed by atoms with van der Waals surface area (Å²) >= 11 is 0. The number of hydrogen-bond acceptors (Lipinski definition) is 6. The maximum absolute atomic E-state index is 13.1. The van der Waals surface area contributed by atoms with Gasteiger partial charge in [-0.1, -0.05) is 52.8 Å². The van der Waals surface area contributed by atoms with Crippen LogP contribution in [0.5, 0.6) is 0 Å². The number of nitrogens with zero attached hydrogens (tertiary/aromatic N) is 2. The van der Waals surface area contributed by atoms with Crippen molar-refractivity contribution in [1.29, 1.82) is 0 Å². The highest BCUT2D eigenvalue weighted by Gasteiger charge is 2.35. The first kappa shape index (κ1) is 30.2. The summed E-state index contributed by atoms with van der Waals surface area (Å²) in [6.07, 6.45) is 1.58. The second-order valence-electron chi connectivity index (χ2n) is 10.6. The van der Waals surface area contributed by atoms with Gasteiger partial charge in [0.15, 0.2) is 0 Å². The minimum Gasteiger partial charge on any atom is -0.344 e. The van der Waals surface area contributed by atoms with Crippen molar-refractivity contribution in [3.8, 4) is 0 Å². The number of rotatable bonds is 11. The Morgan fingerprint density at radius 1 is 0.895 bits per heavy atom. The van der Waals surface area contributed by atoms with Crippen LogP contribution in [0.15, 0.2) is 42.6 Å². The molecule has 11 heteroatoms. The quantitative estimate of drug-likeness (QED) is 0.322. The van der Waals surface area contributed by atoms with E-state index in [1.165, 1.54) is 6.92 Å². The summed E-state index contributed by atoms with van der Waals surface area (Å²) in [5.41, 5.74) is 0.452. The van der Waals surface area contributed by atoms with Crippen LogP contribution in [-0.4, -0.2) is 57.3 Å². The number of amides is 4. The molecule has 0 spiro atoms. The molecule has 11 nitrogen and oxygen atoms in total. The van der Waals surface area contributed by atoms with E-state index in [1.807, 2.05) is 0 Å². The van der Waals surface area contributed by atoms with Gasteiger partial charge in [-0.05, 0) is 36.5 Å². The Bertz CT molecular complexity index is 1150. The number of carbonyl (C=O) groups excluding carboxylic acids is 5. The number of ketones is 1. The fourth-order valence-corrected chi connectivity index (χ4v) is 3.63. The van der Waals surface area contributed by atoms with Gasteiger partial charge in [0.2, 0.25) is 17.6 Å². The lowest BCUT2D eigenvalue weighted by atomic mass is 9.85. The van der Waals surface area contributed by atoms with Crippen LogP contribution in [0, 0.1) is 11.3 Å². The summed E-state index contributed by atoms with van der Waals surface area (Å²) in [5, 5.41) is 14.5. The normalized spacial score (nSPS) is 13.7. The highest BCUT2D eigenvalue weighted by Crippen LogP contribution is 2.20. The molecule has 0 aliphatic carbocycles. The number of aromatic nitrogens is 2. The lowest BCUT2D eigenvalue weighted by Gasteiger charge is -2.31. The van der Waals surface area contributed by atoms with Crippen LogP contribution >= 0.6 is 0 Å². The van der Waals surface area contributed by atoms with Gasteiger partial charge < -0.3 is 21.3 Å². The van der Waals surface area contributed by atoms with Gasteiger partial charge in [-0.25, -0.2) is 0 Å². The van der Waals surface area contributed by atoms with E-state index in [2.05, 4.69) is 26.4 Å². The van der Waals surface area contributed by atoms with Crippen molar-refractivity contribution in [2.75, 3.05) is 0 Å². The molecule has 1 aromatic carbocycles. The van der Waals surface area contributed by atoms with Crippen molar-refractivity contribution < 1.29 is 24.0 Å². The standard InChI is InChI=1S/C27H38N6O5/c1-16(2)20(21(34)25(37)28-15-19-13-14-29-33(19)7)31-23(35)17(3)30-26(38)22(27(4,5)6)32-24(36)18-11-9-8-10-12-18/h8-14,16-17,20,22H,15H2,1-7H3,(H,28,37)(H,30,38)(H,31,35)(H,32,36)/t17-,20-,22+/m0/s1. The lowest BCUT2D eigenvalue weighted by Crippen LogP contribution is -2.59. The first-order valence-corrected chi connectivity index (χ1v) is 12.5. The van der Waals surface area contributed by atoms with Gasteiger partial charge >= 0.3 is 0 Å². The summed E-state index contributed by atoms with van der Waals surface area (Å²) in [4.78, 5) is 64.0. The molecule has 0 saturated heterocycles. The van der Waals surface area contributed by atoms with E-state index in [4.69, 9.17) is 0 Å². The number of nitrogens with one attached hydrogen (secondary N) is 4. The monoisotopic (exact) mass is 526 g/mol. The molecule has 38 heavy (non-hydrogen) atoms. The maximum atomic E-state index is 13.1. The number of Topliss-reactive ketones (excluding diaryl/α,β-unsaturated/α-hetero) is 1. The molecule has 4 N–H and O–H groups in total. The van der Waals surface area contributed by atoms with Gasteiger partial charge in [0.1, 0.15) is 12.1 Å². The van der Waals surface area contributed by atoms with Gasteiger partial charge in [-0.3, -0.25) is 28.7 Å². The first-order chi connectivity index (χ1) is 17.7. The highest BCUT2D eigenvalue weighted by molar-refractivity contribution is 6.38. The van der Waals surface area contributed by atoms with Crippen molar-refractivity contribution in [1.82, 2.24) is 31.0 Å². The Morgan fingerprint density at radius 2 is 1.53 bits per heavy atom. The molecule has 0 unspecified atom stereocenters. The first-order valence-electron chi connectivity index (χ1n) is 12.5. The van der Waals surface area contributed by atoms with Gasteiger partial charge in [0.25, 0.3) is 11.8 Å². The number of benzene rings is 1. The molecule has 2 aromatic rings. The van der Waals surface area contributed by atoms with E-state index in [0.29, 0.717) is 11.3 Å². The average molecular weight is 527 g/mol. The third kappa shape index (κ3) is 8.25. The molecule has 0 bridgehead atoms. The van der Waals surface area contributed by atoms with E-state index in [0.717, 1.165) is 0 Å². The zero-order chi connectivity index (χ0) is 28.6. The molecule has 1 aromatic heterocycles. The highest BCUT2D eigenvalue weighted by atomic mass is 16.2. The molecule has 0 radical (unpaired) electrons. The smallest absolute Gasteiger partial charge is 0.289 e. The van der Waals surface area contributed by atoms with Crippen molar-refractivity contribution in [3.05, 3.63) is 53.9 Å². The summed E-state index contributed by atoms with van der Waals surface area (Å²) in [6, 6.07) is 7.15. The molecule has 0 aliphatic rings. The Kier molecular flexibility index (Phi) is 10.3. The summed E-state index contributed by atoms with van der Waals surface area (Å²) in [7, 11) is 1.72. The minimum atomic E-state index is -1.09. The largest absolute Gasteiger partial charge is 0.344 e. The topological polar surface area (TPSA) is 151 Å². The summed E-state index contributed by atoms with van der Waals surface area (Å²) in [6.45, 7) is 10.4. The molecule has 0 aliphatic heterocycles. The predicted octanol–water partition coefficient (Wildman–Crippen LogP) is 1.10. The van der Waals surface area contributed by atoms with Crippen LogP contribution in [0.3, 0.4) is 0 Å². The fourth-order valence-electron chi connectivity index (χ4n) is 3.63. The zero-order valence-electron chi connectivity index (χ0n) is 23.0. The van der Waals surface area contributed by atoms with Crippen LogP contribution in [0.4, 0.5) is 0 Å². The van der Waals surface area contributed by atoms with Crippen LogP contribution in [0.1, 0.15) is 57.6 Å². The maximum Gasteiger partial charge on any atom is 0.289 e. The molecule has 4 amide bonds. The van der Waals surface area contributed by atoms with E-state index in [1.54, 1.807) is 88.9 Å². The Morgan fingerprint density at radius 3 is 2.05 bits per heavy atom.